The minimum Gasteiger partial charge on any atom is -0.308 e. The molecule has 1 aliphatic rings. The summed E-state index contributed by atoms with van der Waals surface area (Å²) in [4.78, 5) is 4.22. The fourth-order valence-electron chi connectivity index (χ4n) is 1.91. The van der Waals surface area contributed by atoms with Crippen LogP contribution >= 0.6 is 22.9 Å². The highest BCUT2D eigenvalue weighted by Gasteiger charge is 2.12. The van der Waals surface area contributed by atoms with E-state index < -0.39 is 0 Å². The molecule has 0 radical (unpaired) electrons. The number of thiazole rings is 1. The highest BCUT2D eigenvalue weighted by Crippen LogP contribution is 2.20. The summed E-state index contributed by atoms with van der Waals surface area (Å²) in [5, 5.41) is 4.64. The molecular formula is C10H15ClN2S. The number of halogens is 1. The first-order valence-electron chi connectivity index (χ1n) is 5.18. The molecule has 1 N–H and O–H groups in total. The van der Waals surface area contributed by atoms with Crippen LogP contribution < -0.4 is 5.32 Å². The molecule has 0 amide bonds. The van der Waals surface area contributed by atoms with Gasteiger partial charge in [-0.3, -0.25) is 0 Å². The van der Waals surface area contributed by atoms with Gasteiger partial charge in [0, 0.05) is 12.6 Å². The van der Waals surface area contributed by atoms with Gasteiger partial charge in [0.25, 0.3) is 0 Å². The van der Waals surface area contributed by atoms with Gasteiger partial charge in [-0.25, -0.2) is 4.98 Å². The molecule has 1 heterocycles. The van der Waals surface area contributed by atoms with E-state index in [2.05, 4.69) is 10.3 Å². The highest BCUT2D eigenvalue weighted by atomic mass is 35.5. The van der Waals surface area contributed by atoms with Crippen LogP contribution in [0.25, 0.3) is 0 Å². The first-order chi connectivity index (χ1) is 6.84. The fraction of sp³-hybridized carbons (Fsp3) is 0.700. The zero-order valence-corrected chi connectivity index (χ0v) is 9.70. The molecule has 1 aromatic rings. The molecule has 0 atom stereocenters. The zero-order valence-electron chi connectivity index (χ0n) is 8.13. The monoisotopic (exact) mass is 230 g/mol. The van der Waals surface area contributed by atoms with E-state index in [1.807, 2.05) is 0 Å². The second kappa shape index (κ2) is 5.10. The normalized spacial score (nSPS) is 18.6. The van der Waals surface area contributed by atoms with Crippen molar-refractivity contribution in [2.45, 2.75) is 44.7 Å². The summed E-state index contributed by atoms with van der Waals surface area (Å²) in [6.07, 6.45) is 8.51. The average Bonchev–Trinajstić information content (AvgIpc) is 2.63. The molecule has 0 saturated heterocycles. The van der Waals surface area contributed by atoms with Crippen LogP contribution in [0, 0.1) is 0 Å². The van der Waals surface area contributed by atoms with Crippen LogP contribution in [0.2, 0.25) is 4.34 Å². The maximum Gasteiger partial charge on any atom is 0.113 e. The van der Waals surface area contributed by atoms with Crippen molar-refractivity contribution in [2.24, 2.45) is 0 Å². The van der Waals surface area contributed by atoms with Gasteiger partial charge in [-0.05, 0) is 12.8 Å². The van der Waals surface area contributed by atoms with E-state index in [9.17, 15) is 0 Å². The van der Waals surface area contributed by atoms with Gasteiger partial charge in [-0.15, -0.1) is 11.3 Å². The highest BCUT2D eigenvalue weighted by molar-refractivity contribution is 7.15. The Labute approximate surface area is 93.7 Å². The van der Waals surface area contributed by atoms with Crippen molar-refractivity contribution in [2.75, 3.05) is 0 Å². The molecule has 0 unspecified atom stereocenters. The molecule has 0 aromatic carbocycles. The quantitative estimate of drug-likeness (QED) is 0.863. The van der Waals surface area contributed by atoms with Crippen molar-refractivity contribution in [3.05, 3.63) is 15.5 Å². The predicted octanol–water partition coefficient (Wildman–Crippen LogP) is 3.22. The first-order valence-corrected chi connectivity index (χ1v) is 6.37. The van der Waals surface area contributed by atoms with E-state index in [0.717, 1.165) is 15.9 Å². The smallest absolute Gasteiger partial charge is 0.113 e. The Morgan fingerprint density at radius 2 is 2.21 bits per heavy atom. The van der Waals surface area contributed by atoms with Crippen LogP contribution in [-0.4, -0.2) is 11.0 Å². The van der Waals surface area contributed by atoms with E-state index in [1.54, 1.807) is 17.5 Å². The van der Waals surface area contributed by atoms with E-state index in [-0.39, 0.29) is 0 Å². The molecule has 4 heteroatoms. The van der Waals surface area contributed by atoms with Crippen molar-refractivity contribution in [3.8, 4) is 0 Å². The van der Waals surface area contributed by atoms with Crippen LogP contribution in [-0.2, 0) is 6.54 Å². The lowest BCUT2D eigenvalue weighted by atomic mass is 9.96. The number of aromatic nitrogens is 1. The molecule has 1 aliphatic carbocycles. The second-order valence-electron chi connectivity index (χ2n) is 3.77. The van der Waals surface area contributed by atoms with Gasteiger partial charge < -0.3 is 5.32 Å². The van der Waals surface area contributed by atoms with Crippen molar-refractivity contribution in [1.82, 2.24) is 10.3 Å². The third-order valence-corrected chi connectivity index (χ3v) is 3.79. The van der Waals surface area contributed by atoms with Crippen molar-refractivity contribution in [3.63, 3.8) is 0 Å². The van der Waals surface area contributed by atoms with Gasteiger partial charge in [0.2, 0.25) is 0 Å². The lowest BCUT2D eigenvalue weighted by molar-refractivity contribution is 0.372. The summed E-state index contributed by atoms with van der Waals surface area (Å²) in [6.45, 7) is 0.877. The van der Waals surface area contributed by atoms with Crippen LogP contribution in [0.1, 0.15) is 37.1 Å². The number of rotatable bonds is 3. The van der Waals surface area contributed by atoms with Gasteiger partial charge >= 0.3 is 0 Å². The lowest BCUT2D eigenvalue weighted by Crippen LogP contribution is -2.30. The van der Waals surface area contributed by atoms with E-state index in [1.165, 1.54) is 32.1 Å². The molecule has 1 saturated carbocycles. The van der Waals surface area contributed by atoms with E-state index in [0.29, 0.717) is 6.04 Å². The van der Waals surface area contributed by atoms with Crippen LogP contribution in [0.4, 0.5) is 0 Å². The predicted molar refractivity (Wildman–Crippen MR) is 60.8 cm³/mol. The zero-order chi connectivity index (χ0) is 9.80. The van der Waals surface area contributed by atoms with Crippen LogP contribution in [0.3, 0.4) is 0 Å². The number of nitrogens with one attached hydrogen (secondary N) is 1. The van der Waals surface area contributed by atoms with Gasteiger partial charge in [-0.1, -0.05) is 30.9 Å². The summed E-state index contributed by atoms with van der Waals surface area (Å²) in [5.41, 5.74) is 0. The minimum absolute atomic E-state index is 0.700. The van der Waals surface area contributed by atoms with Gasteiger partial charge in [0.05, 0.1) is 6.20 Å². The summed E-state index contributed by atoms with van der Waals surface area (Å²) in [7, 11) is 0. The fourth-order valence-corrected chi connectivity index (χ4v) is 2.82. The maximum atomic E-state index is 5.81. The summed E-state index contributed by atoms with van der Waals surface area (Å²) < 4.78 is 0.783. The second-order valence-corrected chi connectivity index (χ2v) is 5.52. The molecule has 2 nitrogen and oxygen atoms in total. The lowest BCUT2D eigenvalue weighted by Gasteiger charge is -2.22. The molecule has 14 heavy (non-hydrogen) atoms. The SMILES string of the molecule is Clc1cnc(CNC2CCCCC2)s1. The number of hydrogen-bond acceptors (Lipinski definition) is 3. The van der Waals surface area contributed by atoms with Crippen molar-refractivity contribution in [1.29, 1.82) is 0 Å². The maximum absolute atomic E-state index is 5.81. The Morgan fingerprint density at radius 1 is 1.43 bits per heavy atom. The van der Waals surface area contributed by atoms with Crippen molar-refractivity contribution >= 4 is 22.9 Å². The van der Waals surface area contributed by atoms with Gasteiger partial charge in [0.1, 0.15) is 9.34 Å². The van der Waals surface area contributed by atoms with Crippen LogP contribution in [0.15, 0.2) is 6.20 Å². The molecule has 0 bridgehead atoms. The Bertz CT molecular complexity index is 281. The average molecular weight is 231 g/mol. The van der Waals surface area contributed by atoms with E-state index in [4.69, 9.17) is 11.6 Å². The van der Waals surface area contributed by atoms with E-state index >= 15 is 0 Å². The third-order valence-electron chi connectivity index (χ3n) is 2.67. The van der Waals surface area contributed by atoms with Crippen molar-refractivity contribution < 1.29 is 0 Å². The number of nitrogens with zero attached hydrogens (tertiary/aromatic N) is 1. The Balaban J connectivity index is 1.76. The molecule has 0 aliphatic heterocycles. The molecular weight excluding hydrogens is 216 g/mol. The Morgan fingerprint density at radius 3 is 2.86 bits per heavy atom. The minimum atomic E-state index is 0.700. The Hall–Kier alpha value is -0.120. The largest absolute Gasteiger partial charge is 0.308 e. The number of hydrogen-bond donors (Lipinski definition) is 1. The molecule has 2 rings (SSSR count). The Kier molecular flexibility index (Phi) is 3.79. The molecule has 78 valence electrons. The molecule has 1 aromatic heterocycles. The summed E-state index contributed by atoms with van der Waals surface area (Å²) in [5.74, 6) is 0. The summed E-state index contributed by atoms with van der Waals surface area (Å²) in [6, 6.07) is 0.700. The third kappa shape index (κ3) is 2.94. The van der Waals surface area contributed by atoms with Gasteiger partial charge in [0.15, 0.2) is 0 Å². The first kappa shape index (κ1) is 10.4. The van der Waals surface area contributed by atoms with Crippen LogP contribution in [0.5, 0.6) is 0 Å². The summed E-state index contributed by atoms with van der Waals surface area (Å²) >= 11 is 7.38. The standard InChI is InChI=1S/C10H15ClN2S/c11-9-6-13-10(14-9)7-12-8-4-2-1-3-5-8/h6,8,12H,1-5,7H2. The molecule has 1 fully saturated rings. The van der Waals surface area contributed by atoms with Gasteiger partial charge in [-0.2, -0.15) is 0 Å². The molecule has 0 spiro atoms. The topological polar surface area (TPSA) is 24.9 Å².